The van der Waals surface area contributed by atoms with Crippen molar-refractivity contribution in [3.63, 3.8) is 0 Å². The van der Waals surface area contributed by atoms with Crippen molar-refractivity contribution >= 4 is 11.6 Å². The Morgan fingerprint density at radius 3 is 2.67 bits per heavy atom. The van der Waals surface area contributed by atoms with E-state index in [1.807, 2.05) is 27.8 Å². The Bertz CT molecular complexity index is 516. The average molecular weight is 337 g/mol. The molecule has 1 aliphatic rings. The summed E-state index contributed by atoms with van der Waals surface area (Å²) >= 11 is 0. The summed E-state index contributed by atoms with van der Waals surface area (Å²) in [5.74, 6) is 0.613. The van der Waals surface area contributed by atoms with Crippen LogP contribution in [0.25, 0.3) is 0 Å². The second kappa shape index (κ2) is 8.60. The Hall–Kier alpha value is -1.44. The first-order valence-electron chi connectivity index (χ1n) is 8.75. The van der Waals surface area contributed by atoms with Gasteiger partial charge >= 0.3 is 0 Å². The number of likely N-dealkylation sites (tertiary alicyclic amines) is 1. The third-order valence-corrected chi connectivity index (χ3v) is 4.61. The maximum Gasteiger partial charge on any atom is 0.238 e. The fraction of sp³-hybridized carbons (Fsp3) is 0.765. The number of hydrogen-bond donors (Lipinski definition) is 3. The van der Waals surface area contributed by atoms with Gasteiger partial charge in [-0.25, -0.2) is 0 Å². The standard InChI is InChI=1S/C17H31N5O2/c1-12(23)9-22-7-5-15(6-8-22)10-21(4)11-16(24)18-17-13(2)19-20-14(17)3/h12,15,23H,5-11H2,1-4H3,(H,18,24)(H,19,20)/t12-/m1/s1. The van der Waals surface area contributed by atoms with E-state index in [1.165, 1.54) is 0 Å². The number of carbonyl (C=O) groups excluding carboxylic acids is 1. The molecule has 0 unspecified atom stereocenters. The van der Waals surface area contributed by atoms with Crippen LogP contribution in [0, 0.1) is 19.8 Å². The third kappa shape index (κ3) is 5.58. The van der Waals surface area contributed by atoms with E-state index in [1.54, 1.807) is 0 Å². The maximum atomic E-state index is 12.2. The van der Waals surface area contributed by atoms with Crippen molar-refractivity contribution in [3.05, 3.63) is 11.4 Å². The van der Waals surface area contributed by atoms with Crippen LogP contribution in [0.2, 0.25) is 0 Å². The summed E-state index contributed by atoms with van der Waals surface area (Å²) in [7, 11) is 2.00. The van der Waals surface area contributed by atoms with E-state index >= 15 is 0 Å². The Kier molecular flexibility index (Phi) is 6.77. The minimum Gasteiger partial charge on any atom is -0.392 e. The van der Waals surface area contributed by atoms with Gasteiger partial charge in [-0.15, -0.1) is 0 Å². The number of likely N-dealkylation sites (N-methyl/N-ethyl adjacent to an activating group) is 1. The number of amides is 1. The topological polar surface area (TPSA) is 84.5 Å². The minimum atomic E-state index is -0.261. The first-order chi connectivity index (χ1) is 11.3. The molecule has 7 heteroatoms. The van der Waals surface area contributed by atoms with Crippen LogP contribution in [0.3, 0.4) is 0 Å². The number of rotatable bonds is 7. The predicted octanol–water partition coefficient (Wildman–Crippen LogP) is 0.990. The van der Waals surface area contributed by atoms with Crippen LogP contribution in [0.1, 0.15) is 31.2 Å². The van der Waals surface area contributed by atoms with E-state index in [0.717, 1.165) is 56.1 Å². The van der Waals surface area contributed by atoms with Gasteiger partial charge in [-0.1, -0.05) is 0 Å². The molecule has 1 aromatic heterocycles. The molecule has 2 heterocycles. The van der Waals surface area contributed by atoms with Gasteiger partial charge in [0.15, 0.2) is 0 Å². The Morgan fingerprint density at radius 2 is 2.12 bits per heavy atom. The van der Waals surface area contributed by atoms with Gasteiger partial charge in [-0.3, -0.25) is 14.8 Å². The first kappa shape index (κ1) is 18.9. The van der Waals surface area contributed by atoms with Crippen molar-refractivity contribution in [2.24, 2.45) is 5.92 Å². The van der Waals surface area contributed by atoms with Gasteiger partial charge in [-0.2, -0.15) is 5.10 Å². The quantitative estimate of drug-likeness (QED) is 0.691. The van der Waals surface area contributed by atoms with E-state index in [4.69, 9.17) is 0 Å². The third-order valence-electron chi connectivity index (χ3n) is 4.61. The van der Waals surface area contributed by atoms with Crippen molar-refractivity contribution < 1.29 is 9.90 Å². The highest BCUT2D eigenvalue weighted by Gasteiger charge is 2.22. The number of nitrogens with zero attached hydrogens (tertiary/aromatic N) is 3. The minimum absolute atomic E-state index is 0.00311. The van der Waals surface area contributed by atoms with Crippen molar-refractivity contribution in [1.29, 1.82) is 0 Å². The lowest BCUT2D eigenvalue weighted by atomic mass is 9.96. The van der Waals surface area contributed by atoms with Crippen molar-refractivity contribution in [1.82, 2.24) is 20.0 Å². The number of aromatic amines is 1. The summed E-state index contributed by atoms with van der Waals surface area (Å²) in [6.45, 7) is 9.75. The molecule has 1 aliphatic heterocycles. The Labute approximate surface area is 144 Å². The van der Waals surface area contributed by atoms with E-state index in [9.17, 15) is 9.90 Å². The second-order valence-electron chi connectivity index (χ2n) is 7.15. The molecule has 1 saturated heterocycles. The normalized spacial score (nSPS) is 18.1. The molecule has 0 aromatic carbocycles. The van der Waals surface area contributed by atoms with Crippen LogP contribution in [0.4, 0.5) is 5.69 Å². The fourth-order valence-corrected chi connectivity index (χ4v) is 3.39. The maximum absolute atomic E-state index is 12.2. The molecule has 1 aromatic rings. The van der Waals surface area contributed by atoms with Crippen LogP contribution in [-0.4, -0.2) is 76.9 Å². The number of aryl methyl sites for hydroxylation is 2. The molecule has 1 fully saturated rings. The van der Waals surface area contributed by atoms with Crippen LogP contribution in [0.15, 0.2) is 0 Å². The van der Waals surface area contributed by atoms with Crippen LogP contribution in [-0.2, 0) is 4.79 Å². The molecule has 1 atom stereocenters. The molecule has 0 saturated carbocycles. The SMILES string of the molecule is Cc1n[nH]c(C)c1NC(=O)CN(C)CC1CCN(C[C@@H](C)O)CC1. The van der Waals surface area contributed by atoms with Crippen LogP contribution in [0.5, 0.6) is 0 Å². The number of aliphatic hydroxyl groups excluding tert-OH is 1. The number of carbonyl (C=O) groups is 1. The molecule has 136 valence electrons. The zero-order chi connectivity index (χ0) is 17.7. The van der Waals surface area contributed by atoms with Gasteiger partial charge in [0.2, 0.25) is 5.91 Å². The van der Waals surface area contributed by atoms with E-state index in [0.29, 0.717) is 12.5 Å². The Morgan fingerprint density at radius 1 is 1.46 bits per heavy atom. The van der Waals surface area contributed by atoms with Gasteiger partial charge in [0, 0.05) is 13.1 Å². The highest BCUT2D eigenvalue weighted by Crippen LogP contribution is 2.19. The lowest BCUT2D eigenvalue weighted by Crippen LogP contribution is -2.41. The molecule has 1 amide bonds. The number of aromatic nitrogens is 2. The number of H-pyrrole nitrogens is 1. The van der Waals surface area contributed by atoms with Crippen LogP contribution < -0.4 is 5.32 Å². The lowest BCUT2D eigenvalue weighted by molar-refractivity contribution is -0.117. The van der Waals surface area contributed by atoms with Gasteiger partial charge in [0.1, 0.15) is 0 Å². The van der Waals surface area contributed by atoms with Gasteiger partial charge in [-0.05, 0) is 59.7 Å². The highest BCUT2D eigenvalue weighted by molar-refractivity contribution is 5.93. The summed E-state index contributed by atoms with van der Waals surface area (Å²) in [5, 5.41) is 19.4. The number of hydrogen-bond acceptors (Lipinski definition) is 5. The van der Waals surface area contributed by atoms with E-state index < -0.39 is 0 Å². The van der Waals surface area contributed by atoms with Crippen molar-refractivity contribution in [3.8, 4) is 0 Å². The molecule has 24 heavy (non-hydrogen) atoms. The van der Waals surface area contributed by atoms with E-state index in [2.05, 4.69) is 25.3 Å². The van der Waals surface area contributed by atoms with Gasteiger partial charge in [0.25, 0.3) is 0 Å². The molecule has 0 aliphatic carbocycles. The van der Waals surface area contributed by atoms with Gasteiger partial charge < -0.3 is 15.3 Å². The molecule has 0 spiro atoms. The second-order valence-corrected chi connectivity index (χ2v) is 7.15. The largest absolute Gasteiger partial charge is 0.392 e. The number of nitrogens with one attached hydrogen (secondary N) is 2. The molecule has 7 nitrogen and oxygen atoms in total. The smallest absolute Gasteiger partial charge is 0.238 e. The molecule has 2 rings (SSSR count). The molecular weight excluding hydrogens is 306 g/mol. The zero-order valence-corrected chi connectivity index (χ0v) is 15.3. The summed E-state index contributed by atoms with van der Waals surface area (Å²) in [6.07, 6.45) is 1.99. The first-order valence-corrected chi connectivity index (χ1v) is 8.75. The number of aliphatic hydroxyl groups is 1. The summed E-state index contributed by atoms with van der Waals surface area (Å²) < 4.78 is 0. The average Bonchev–Trinajstić information content (AvgIpc) is 2.80. The number of anilines is 1. The molecule has 3 N–H and O–H groups in total. The summed E-state index contributed by atoms with van der Waals surface area (Å²) in [5.41, 5.74) is 2.49. The molecule has 0 bridgehead atoms. The van der Waals surface area contributed by atoms with Crippen LogP contribution >= 0.6 is 0 Å². The Balaban J connectivity index is 1.71. The molecular formula is C17H31N5O2. The summed E-state index contributed by atoms with van der Waals surface area (Å²) in [4.78, 5) is 16.6. The fourth-order valence-electron chi connectivity index (χ4n) is 3.39. The monoisotopic (exact) mass is 337 g/mol. The highest BCUT2D eigenvalue weighted by atomic mass is 16.3. The predicted molar refractivity (Wildman–Crippen MR) is 95.0 cm³/mol. The lowest BCUT2D eigenvalue weighted by Gasteiger charge is -2.34. The summed E-state index contributed by atoms with van der Waals surface area (Å²) in [6, 6.07) is 0. The number of β-amino-alcohol motifs (C(OH)–C–C–N with tert-alkyl or cyclic N) is 1. The van der Waals surface area contributed by atoms with Crippen molar-refractivity contribution in [2.45, 2.75) is 39.7 Å². The van der Waals surface area contributed by atoms with Crippen molar-refractivity contribution in [2.75, 3.05) is 45.1 Å². The van der Waals surface area contributed by atoms with E-state index in [-0.39, 0.29) is 12.0 Å². The molecule has 0 radical (unpaired) electrons. The number of piperidine rings is 1. The zero-order valence-electron chi connectivity index (χ0n) is 15.3. The van der Waals surface area contributed by atoms with Gasteiger partial charge in [0.05, 0.1) is 29.7 Å².